The number of thiazole rings is 1. The summed E-state index contributed by atoms with van der Waals surface area (Å²) in [5, 5.41) is 3.56. The third-order valence-corrected chi connectivity index (χ3v) is 5.85. The van der Waals surface area contributed by atoms with Gasteiger partial charge in [-0.3, -0.25) is 4.79 Å². The minimum atomic E-state index is 0.00681. The maximum atomic E-state index is 12.2. The van der Waals surface area contributed by atoms with Gasteiger partial charge >= 0.3 is 0 Å². The van der Waals surface area contributed by atoms with Crippen molar-refractivity contribution in [3.63, 3.8) is 0 Å². The Morgan fingerprint density at radius 2 is 2.08 bits per heavy atom. The van der Waals surface area contributed by atoms with Gasteiger partial charge in [-0.1, -0.05) is 11.6 Å². The first-order chi connectivity index (χ1) is 12.2. The summed E-state index contributed by atoms with van der Waals surface area (Å²) < 4.78 is 6.05. The molecule has 0 atom stereocenters. The third-order valence-electron chi connectivity index (χ3n) is 3.59. The summed E-state index contributed by atoms with van der Waals surface area (Å²) in [6, 6.07) is 11.5. The van der Waals surface area contributed by atoms with Crippen molar-refractivity contribution in [3.05, 3.63) is 46.9 Å². The number of ether oxygens (including phenoxy) is 1. The number of hydrogen-bond donors (Lipinski definition) is 1. The summed E-state index contributed by atoms with van der Waals surface area (Å²) in [6.07, 6.45) is 1.29. The lowest BCUT2D eigenvalue weighted by Gasteiger charge is -2.07. The number of methoxy groups -OCH3 is 1. The van der Waals surface area contributed by atoms with Gasteiger partial charge in [0.15, 0.2) is 0 Å². The number of benzene rings is 2. The second kappa shape index (κ2) is 8.56. The monoisotopic (exact) mass is 392 g/mol. The molecule has 0 spiro atoms. The molecular weight excluding hydrogens is 376 g/mol. The maximum Gasteiger partial charge on any atom is 0.224 e. The van der Waals surface area contributed by atoms with Crippen molar-refractivity contribution in [1.82, 2.24) is 4.98 Å². The summed E-state index contributed by atoms with van der Waals surface area (Å²) in [7, 11) is 1.65. The summed E-state index contributed by atoms with van der Waals surface area (Å²) in [5.41, 5.74) is 3.24. The Bertz CT molecular complexity index is 865. The van der Waals surface area contributed by atoms with Gasteiger partial charge in [-0.15, -0.1) is 23.1 Å². The summed E-state index contributed by atoms with van der Waals surface area (Å²) in [5.74, 6) is 1.74. The Balaban J connectivity index is 1.47. The molecule has 130 valence electrons. The molecule has 1 N–H and O–H groups in total. The van der Waals surface area contributed by atoms with E-state index in [1.54, 1.807) is 30.4 Å². The Kier molecular flexibility index (Phi) is 6.18. The quantitative estimate of drug-likeness (QED) is 0.428. The van der Waals surface area contributed by atoms with E-state index in [1.807, 2.05) is 30.3 Å². The minimum Gasteiger partial charge on any atom is -0.497 e. The topological polar surface area (TPSA) is 51.2 Å². The summed E-state index contributed by atoms with van der Waals surface area (Å²) in [4.78, 5) is 17.6. The van der Waals surface area contributed by atoms with Gasteiger partial charge in [-0.25, -0.2) is 4.98 Å². The van der Waals surface area contributed by atoms with Gasteiger partial charge in [-0.2, -0.15) is 0 Å². The molecule has 4 nitrogen and oxygen atoms in total. The van der Waals surface area contributed by atoms with Crippen molar-refractivity contribution in [2.45, 2.75) is 17.7 Å². The van der Waals surface area contributed by atoms with Crippen LogP contribution in [0.15, 0.2) is 46.8 Å². The van der Waals surface area contributed by atoms with Crippen LogP contribution in [0.3, 0.4) is 0 Å². The van der Waals surface area contributed by atoms with Crippen LogP contribution in [-0.2, 0) is 4.79 Å². The molecule has 0 saturated carbocycles. The van der Waals surface area contributed by atoms with E-state index in [2.05, 4.69) is 10.3 Å². The second-order valence-corrected chi connectivity index (χ2v) is 7.73. The molecule has 0 saturated heterocycles. The molecule has 7 heteroatoms. The fraction of sp³-hybridized carbons (Fsp3) is 0.222. The number of carbonyl (C=O) groups excluding carboxylic acids is 1. The number of rotatable bonds is 7. The molecule has 2 aromatic carbocycles. The number of fused-ring (bicyclic) bond motifs is 1. The fourth-order valence-electron chi connectivity index (χ4n) is 2.32. The molecule has 0 unspecified atom stereocenters. The maximum absolute atomic E-state index is 12.2. The molecule has 0 fully saturated rings. The Morgan fingerprint density at radius 1 is 1.28 bits per heavy atom. The molecule has 1 amide bonds. The minimum absolute atomic E-state index is 0.00681. The lowest BCUT2D eigenvalue weighted by atomic mass is 10.2. The Morgan fingerprint density at radius 3 is 2.84 bits per heavy atom. The van der Waals surface area contributed by atoms with Crippen molar-refractivity contribution in [2.75, 3.05) is 18.2 Å². The van der Waals surface area contributed by atoms with Crippen molar-refractivity contribution in [3.8, 4) is 5.75 Å². The smallest absolute Gasteiger partial charge is 0.224 e. The van der Waals surface area contributed by atoms with Gasteiger partial charge in [0.25, 0.3) is 0 Å². The van der Waals surface area contributed by atoms with Crippen molar-refractivity contribution in [2.24, 2.45) is 0 Å². The highest BCUT2D eigenvalue weighted by atomic mass is 35.5. The number of aromatic nitrogens is 1. The highest BCUT2D eigenvalue weighted by Gasteiger charge is 2.10. The molecule has 0 bridgehead atoms. The Hall–Kier alpha value is -1.76. The third kappa shape index (κ3) is 4.66. The van der Waals surface area contributed by atoms with Crippen molar-refractivity contribution in [1.29, 1.82) is 0 Å². The van der Waals surface area contributed by atoms with Crippen LogP contribution in [0.2, 0.25) is 5.02 Å². The number of nitrogens with one attached hydrogen (secondary N) is 1. The van der Waals surface area contributed by atoms with E-state index in [1.165, 1.54) is 16.2 Å². The number of nitrogens with zero attached hydrogens (tertiary/aromatic N) is 1. The van der Waals surface area contributed by atoms with Crippen LogP contribution < -0.4 is 10.1 Å². The van der Waals surface area contributed by atoms with Crippen molar-refractivity contribution < 1.29 is 9.53 Å². The van der Waals surface area contributed by atoms with E-state index in [0.29, 0.717) is 11.4 Å². The van der Waals surface area contributed by atoms with Crippen LogP contribution in [0, 0.1) is 0 Å². The normalized spacial score (nSPS) is 10.8. The predicted octanol–water partition coefficient (Wildman–Crippen LogP) is 5.47. The van der Waals surface area contributed by atoms with Gasteiger partial charge in [0.1, 0.15) is 11.3 Å². The molecule has 3 rings (SSSR count). The molecule has 0 radical (unpaired) electrons. The van der Waals surface area contributed by atoms with E-state index in [4.69, 9.17) is 16.3 Å². The fourth-order valence-corrected chi connectivity index (χ4v) is 4.22. The van der Waals surface area contributed by atoms with Crippen LogP contribution in [0.4, 0.5) is 5.69 Å². The number of hydrogen-bond acceptors (Lipinski definition) is 5. The second-order valence-electron chi connectivity index (χ2n) is 5.30. The van der Waals surface area contributed by atoms with E-state index in [0.717, 1.165) is 33.8 Å². The highest BCUT2D eigenvalue weighted by Crippen LogP contribution is 2.32. The van der Waals surface area contributed by atoms with E-state index in [9.17, 15) is 4.79 Å². The average molecular weight is 393 g/mol. The molecule has 1 aromatic heterocycles. The molecule has 1 heterocycles. The SMILES string of the molecule is COc1ccc(SCCCC(=O)Nc2ccc(Cl)c3ncsc23)cc1. The first-order valence-corrected chi connectivity index (χ1v) is 10.00. The zero-order valence-corrected chi connectivity index (χ0v) is 16.0. The van der Waals surface area contributed by atoms with Crippen molar-refractivity contribution >= 4 is 56.5 Å². The summed E-state index contributed by atoms with van der Waals surface area (Å²) >= 11 is 9.31. The number of anilines is 1. The number of thioether (sulfide) groups is 1. The van der Waals surface area contributed by atoms with E-state index in [-0.39, 0.29) is 5.91 Å². The Labute approximate surface area is 159 Å². The van der Waals surface area contributed by atoms with Gasteiger partial charge in [0.2, 0.25) is 5.91 Å². The van der Waals surface area contributed by atoms with Gasteiger partial charge in [-0.05, 0) is 48.6 Å². The molecule has 0 aliphatic heterocycles. The highest BCUT2D eigenvalue weighted by molar-refractivity contribution is 7.99. The van der Waals surface area contributed by atoms with Crippen LogP contribution >= 0.6 is 34.7 Å². The van der Waals surface area contributed by atoms with Crippen LogP contribution in [-0.4, -0.2) is 23.8 Å². The molecule has 0 aliphatic carbocycles. The van der Waals surface area contributed by atoms with E-state index < -0.39 is 0 Å². The summed E-state index contributed by atoms with van der Waals surface area (Å²) in [6.45, 7) is 0. The first-order valence-electron chi connectivity index (χ1n) is 7.76. The standard InChI is InChI=1S/C18H17ClN2O2S2/c1-23-12-4-6-13(7-5-12)24-10-2-3-16(22)21-15-9-8-14(19)17-18(15)25-11-20-17/h4-9,11H,2-3,10H2,1H3,(H,21,22). The van der Waals surface area contributed by atoms with Gasteiger partial charge in [0, 0.05) is 11.3 Å². The lowest BCUT2D eigenvalue weighted by Crippen LogP contribution is -2.11. The lowest BCUT2D eigenvalue weighted by molar-refractivity contribution is -0.116. The number of carbonyl (C=O) groups is 1. The largest absolute Gasteiger partial charge is 0.497 e. The van der Waals surface area contributed by atoms with Crippen LogP contribution in [0.1, 0.15) is 12.8 Å². The van der Waals surface area contributed by atoms with Gasteiger partial charge < -0.3 is 10.1 Å². The number of amides is 1. The molecule has 25 heavy (non-hydrogen) atoms. The zero-order valence-electron chi connectivity index (χ0n) is 13.6. The molecule has 3 aromatic rings. The predicted molar refractivity (Wildman–Crippen MR) is 106 cm³/mol. The van der Waals surface area contributed by atoms with Crippen LogP contribution in [0.5, 0.6) is 5.75 Å². The molecular formula is C18H17ClN2O2S2. The zero-order chi connectivity index (χ0) is 17.6. The van der Waals surface area contributed by atoms with Crippen LogP contribution in [0.25, 0.3) is 10.2 Å². The molecule has 0 aliphatic rings. The van der Waals surface area contributed by atoms with E-state index >= 15 is 0 Å². The number of halogens is 1. The average Bonchev–Trinajstić information content (AvgIpc) is 3.13. The first kappa shape index (κ1) is 18.0. The van der Waals surface area contributed by atoms with Gasteiger partial charge in [0.05, 0.1) is 28.0 Å².